The van der Waals surface area contributed by atoms with Crippen molar-refractivity contribution in [2.75, 3.05) is 13.2 Å². The molecule has 0 aromatic heterocycles. The van der Waals surface area contributed by atoms with E-state index in [9.17, 15) is 13.2 Å². The van der Waals surface area contributed by atoms with Crippen molar-refractivity contribution in [3.05, 3.63) is 22.7 Å². The Labute approximate surface area is 126 Å². The zero-order chi connectivity index (χ0) is 15.3. The van der Waals surface area contributed by atoms with Crippen LogP contribution in [0.2, 0.25) is 0 Å². The molecule has 0 aliphatic heterocycles. The molecular formula is C12H17BrN2O4S. The van der Waals surface area contributed by atoms with Crippen LogP contribution in [0, 0.1) is 5.92 Å². The zero-order valence-electron chi connectivity index (χ0n) is 11.2. The molecule has 0 unspecified atom stereocenters. The summed E-state index contributed by atoms with van der Waals surface area (Å²) in [5.41, 5.74) is 0. The summed E-state index contributed by atoms with van der Waals surface area (Å²) < 4.78 is 28.0. The van der Waals surface area contributed by atoms with Gasteiger partial charge >= 0.3 is 0 Å². The van der Waals surface area contributed by atoms with Crippen LogP contribution in [-0.2, 0) is 14.8 Å². The largest absolute Gasteiger partial charge is 0.483 e. The van der Waals surface area contributed by atoms with Gasteiger partial charge in [0.1, 0.15) is 5.75 Å². The Kier molecular flexibility index (Phi) is 5.97. The summed E-state index contributed by atoms with van der Waals surface area (Å²) in [6.45, 7) is 4.42. The molecule has 0 fully saturated rings. The topological polar surface area (TPSA) is 98.5 Å². The lowest BCUT2D eigenvalue weighted by Gasteiger charge is -2.10. The molecule has 1 aromatic carbocycles. The van der Waals surface area contributed by atoms with Crippen LogP contribution in [0.5, 0.6) is 5.75 Å². The summed E-state index contributed by atoms with van der Waals surface area (Å²) in [5.74, 6) is 0.498. The van der Waals surface area contributed by atoms with E-state index in [1.165, 1.54) is 18.2 Å². The number of rotatable bonds is 6. The van der Waals surface area contributed by atoms with Crippen LogP contribution in [0.1, 0.15) is 13.8 Å². The number of nitrogens with one attached hydrogen (secondary N) is 1. The second-order valence-electron chi connectivity index (χ2n) is 4.62. The third-order valence-corrected chi connectivity index (χ3v) is 3.83. The second kappa shape index (κ2) is 7.05. The highest BCUT2D eigenvalue weighted by atomic mass is 79.9. The molecule has 0 atom stereocenters. The number of hydrogen-bond donors (Lipinski definition) is 2. The summed E-state index contributed by atoms with van der Waals surface area (Å²) in [6.07, 6.45) is 0. The van der Waals surface area contributed by atoms with E-state index < -0.39 is 10.0 Å². The molecule has 0 spiro atoms. The number of carbonyl (C=O) groups excluding carboxylic acids is 1. The van der Waals surface area contributed by atoms with Gasteiger partial charge in [0.25, 0.3) is 5.91 Å². The van der Waals surface area contributed by atoms with E-state index in [1.807, 2.05) is 13.8 Å². The molecule has 0 radical (unpaired) electrons. The fourth-order valence-electron chi connectivity index (χ4n) is 1.29. The van der Waals surface area contributed by atoms with Gasteiger partial charge in [-0.2, -0.15) is 0 Å². The average Bonchev–Trinajstić information content (AvgIpc) is 2.33. The molecule has 0 aliphatic rings. The van der Waals surface area contributed by atoms with Crippen molar-refractivity contribution >= 4 is 31.9 Å². The van der Waals surface area contributed by atoms with Crippen LogP contribution in [0.25, 0.3) is 0 Å². The van der Waals surface area contributed by atoms with E-state index in [2.05, 4.69) is 21.2 Å². The van der Waals surface area contributed by atoms with Crippen LogP contribution in [0.4, 0.5) is 0 Å². The third-order valence-electron chi connectivity index (χ3n) is 2.30. The molecule has 1 rings (SSSR count). The maximum atomic E-state index is 11.5. The first-order valence-corrected chi connectivity index (χ1v) is 8.26. The van der Waals surface area contributed by atoms with Crippen LogP contribution < -0.4 is 15.2 Å². The quantitative estimate of drug-likeness (QED) is 0.793. The Morgan fingerprint density at radius 3 is 2.60 bits per heavy atom. The summed E-state index contributed by atoms with van der Waals surface area (Å²) in [7, 11) is -3.76. The van der Waals surface area contributed by atoms with Gasteiger partial charge in [-0.1, -0.05) is 13.8 Å². The van der Waals surface area contributed by atoms with Crippen molar-refractivity contribution in [1.82, 2.24) is 5.32 Å². The smallest absolute Gasteiger partial charge is 0.257 e. The molecule has 1 amide bonds. The normalized spacial score (nSPS) is 11.4. The van der Waals surface area contributed by atoms with E-state index >= 15 is 0 Å². The van der Waals surface area contributed by atoms with E-state index in [-0.39, 0.29) is 17.4 Å². The molecule has 0 bridgehead atoms. The predicted octanol–water partition coefficient (Wildman–Crippen LogP) is 1.25. The summed E-state index contributed by atoms with van der Waals surface area (Å²) in [4.78, 5) is 11.5. The maximum absolute atomic E-state index is 11.5. The minimum atomic E-state index is -3.76. The average molecular weight is 365 g/mol. The fourth-order valence-corrected chi connectivity index (χ4v) is 2.47. The first-order valence-electron chi connectivity index (χ1n) is 5.92. The van der Waals surface area contributed by atoms with Crippen LogP contribution in [0.15, 0.2) is 27.6 Å². The van der Waals surface area contributed by atoms with E-state index in [0.717, 1.165) is 0 Å². The highest BCUT2D eigenvalue weighted by Crippen LogP contribution is 2.27. The van der Waals surface area contributed by atoms with Gasteiger partial charge in [0, 0.05) is 6.54 Å². The summed E-state index contributed by atoms with van der Waals surface area (Å²) in [6, 6.07) is 4.09. The SMILES string of the molecule is CC(C)CNC(=O)COc1ccc(S(N)(=O)=O)cc1Br. The van der Waals surface area contributed by atoms with E-state index in [0.29, 0.717) is 22.7 Å². The number of hydrogen-bond acceptors (Lipinski definition) is 4. The van der Waals surface area contributed by atoms with Gasteiger partial charge in [-0.05, 0) is 40.0 Å². The van der Waals surface area contributed by atoms with Crippen molar-refractivity contribution in [2.24, 2.45) is 11.1 Å². The van der Waals surface area contributed by atoms with E-state index in [4.69, 9.17) is 9.88 Å². The predicted molar refractivity (Wildman–Crippen MR) is 78.9 cm³/mol. The number of ether oxygens (including phenoxy) is 1. The Bertz CT molecular complexity index is 587. The molecule has 20 heavy (non-hydrogen) atoms. The third kappa shape index (κ3) is 5.48. The number of nitrogens with two attached hydrogens (primary N) is 1. The van der Waals surface area contributed by atoms with Gasteiger partial charge in [-0.25, -0.2) is 13.6 Å². The molecule has 0 aliphatic carbocycles. The number of halogens is 1. The molecule has 0 heterocycles. The highest BCUT2D eigenvalue weighted by Gasteiger charge is 2.12. The molecule has 1 aromatic rings. The van der Waals surface area contributed by atoms with Crippen LogP contribution in [-0.4, -0.2) is 27.5 Å². The second-order valence-corrected chi connectivity index (χ2v) is 7.04. The summed E-state index contributed by atoms with van der Waals surface area (Å²) >= 11 is 3.18. The van der Waals surface area contributed by atoms with Gasteiger partial charge in [0.15, 0.2) is 6.61 Å². The van der Waals surface area contributed by atoms with Crippen molar-refractivity contribution in [2.45, 2.75) is 18.7 Å². The maximum Gasteiger partial charge on any atom is 0.257 e. The molecule has 3 N–H and O–H groups in total. The van der Waals surface area contributed by atoms with Gasteiger partial charge in [-0.15, -0.1) is 0 Å². The fraction of sp³-hybridized carbons (Fsp3) is 0.417. The van der Waals surface area contributed by atoms with Gasteiger partial charge < -0.3 is 10.1 Å². The number of benzene rings is 1. The highest BCUT2D eigenvalue weighted by molar-refractivity contribution is 9.10. The van der Waals surface area contributed by atoms with Gasteiger partial charge in [0.2, 0.25) is 10.0 Å². The number of amides is 1. The zero-order valence-corrected chi connectivity index (χ0v) is 13.6. The van der Waals surface area contributed by atoms with E-state index in [1.54, 1.807) is 0 Å². The van der Waals surface area contributed by atoms with Crippen molar-refractivity contribution in [3.63, 3.8) is 0 Å². The van der Waals surface area contributed by atoms with Crippen molar-refractivity contribution < 1.29 is 17.9 Å². The lowest BCUT2D eigenvalue weighted by molar-refractivity contribution is -0.123. The number of sulfonamides is 1. The Morgan fingerprint density at radius 1 is 1.45 bits per heavy atom. The van der Waals surface area contributed by atoms with Gasteiger partial charge in [0.05, 0.1) is 9.37 Å². The minimum absolute atomic E-state index is 0.0269. The molecule has 0 saturated heterocycles. The standard InChI is InChI=1S/C12H17BrN2O4S/c1-8(2)6-15-12(16)7-19-11-4-3-9(5-10(11)13)20(14,17)18/h3-5,8H,6-7H2,1-2H3,(H,15,16)(H2,14,17,18). The first kappa shape index (κ1) is 16.9. The van der Waals surface area contributed by atoms with Crippen molar-refractivity contribution in [3.8, 4) is 5.75 Å². The Hall–Kier alpha value is -1.12. The first-order chi connectivity index (χ1) is 9.20. The monoisotopic (exact) mass is 364 g/mol. The molecule has 112 valence electrons. The van der Waals surface area contributed by atoms with Crippen LogP contribution >= 0.6 is 15.9 Å². The van der Waals surface area contributed by atoms with Crippen LogP contribution in [0.3, 0.4) is 0 Å². The number of primary sulfonamides is 1. The number of carbonyl (C=O) groups is 1. The molecular weight excluding hydrogens is 348 g/mol. The molecule has 0 saturated carbocycles. The molecule has 6 nitrogen and oxygen atoms in total. The molecule has 8 heteroatoms. The van der Waals surface area contributed by atoms with Crippen molar-refractivity contribution in [1.29, 1.82) is 0 Å². The lowest BCUT2D eigenvalue weighted by Crippen LogP contribution is -2.31. The minimum Gasteiger partial charge on any atom is -0.483 e. The Morgan fingerprint density at radius 2 is 2.10 bits per heavy atom. The van der Waals surface area contributed by atoms with Gasteiger partial charge in [-0.3, -0.25) is 4.79 Å². The summed E-state index contributed by atoms with van der Waals surface area (Å²) in [5, 5.41) is 7.72. The Balaban J connectivity index is 2.64. The lowest BCUT2D eigenvalue weighted by atomic mass is 10.2.